The molecule has 0 aliphatic carbocycles. The van der Waals surface area contributed by atoms with Crippen molar-refractivity contribution in [3.63, 3.8) is 0 Å². The molecule has 1 aliphatic rings. The highest BCUT2D eigenvalue weighted by atomic mass is 15.4. The topological polar surface area (TPSA) is 53.6 Å². The maximum atomic E-state index is 5.36. The third kappa shape index (κ3) is 2.59. The van der Waals surface area contributed by atoms with Gasteiger partial charge in [-0.15, -0.1) is 0 Å². The summed E-state index contributed by atoms with van der Waals surface area (Å²) in [7, 11) is 1.76. The van der Waals surface area contributed by atoms with Crippen LogP contribution in [-0.4, -0.2) is 31.0 Å². The molecule has 0 aromatic heterocycles. The molecule has 3 N–H and O–H groups in total. The van der Waals surface area contributed by atoms with Gasteiger partial charge in [-0.1, -0.05) is 13.3 Å². The van der Waals surface area contributed by atoms with Crippen molar-refractivity contribution in [2.75, 3.05) is 20.1 Å². The highest BCUT2D eigenvalue weighted by Gasteiger charge is 2.19. The second-order valence-electron chi connectivity index (χ2n) is 3.53. The highest BCUT2D eigenvalue weighted by Crippen LogP contribution is 2.19. The average Bonchev–Trinajstić information content (AvgIpc) is 2.21. The van der Waals surface area contributed by atoms with Crippen molar-refractivity contribution < 1.29 is 0 Å². The van der Waals surface area contributed by atoms with E-state index in [1.807, 2.05) is 0 Å². The lowest BCUT2D eigenvalue weighted by molar-refractivity contribution is 0.255. The molecule has 4 heteroatoms. The van der Waals surface area contributed by atoms with Crippen molar-refractivity contribution in [2.24, 2.45) is 16.8 Å². The van der Waals surface area contributed by atoms with Gasteiger partial charge in [0.1, 0.15) is 0 Å². The number of hydrazine groups is 1. The first kappa shape index (κ1) is 10.3. The van der Waals surface area contributed by atoms with Crippen LogP contribution in [0.4, 0.5) is 0 Å². The van der Waals surface area contributed by atoms with Crippen LogP contribution in [0.1, 0.15) is 26.2 Å². The second kappa shape index (κ2) is 5.07. The third-order valence-electron chi connectivity index (χ3n) is 2.83. The van der Waals surface area contributed by atoms with Crippen LogP contribution in [0.3, 0.4) is 0 Å². The van der Waals surface area contributed by atoms with E-state index < -0.39 is 0 Å². The van der Waals surface area contributed by atoms with E-state index in [2.05, 4.69) is 22.2 Å². The third-order valence-corrected chi connectivity index (χ3v) is 2.83. The molecule has 0 amide bonds. The molecule has 0 spiro atoms. The molecular formula is C9H20N4. The minimum absolute atomic E-state index is 0.814. The van der Waals surface area contributed by atoms with E-state index in [9.17, 15) is 0 Å². The molecule has 0 bridgehead atoms. The normalized spacial score (nSPS) is 20.5. The van der Waals surface area contributed by atoms with Crippen molar-refractivity contribution in [1.82, 2.24) is 10.3 Å². The number of nitrogens with two attached hydrogens (primary N) is 1. The van der Waals surface area contributed by atoms with E-state index in [0.29, 0.717) is 0 Å². The van der Waals surface area contributed by atoms with Crippen LogP contribution in [0.5, 0.6) is 0 Å². The van der Waals surface area contributed by atoms with Crippen molar-refractivity contribution in [3.05, 3.63) is 0 Å². The van der Waals surface area contributed by atoms with Crippen LogP contribution in [0, 0.1) is 5.92 Å². The standard InChI is InChI=1S/C9H20N4/c1-3-8-4-6-13(7-5-8)9(11-2)12-10/h8H,3-7,10H2,1-2H3,(H,11,12). The van der Waals surface area contributed by atoms with Crippen LogP contribution in [0.15, 0.2) is 4.99 Å². The molecular weight excluding hydrogens is 164 g/mol. The lowest BCUT2D eigenvalue weighted by Crippen LogP contribution is -2.48. The Morgan fingerprint density at radius 3 is 2.54 bits per heavy atom. The van der Waals surface area contributed by atoms with Gasteiger partial charge in [-0.3, -0.25) is 10.4 Å². The molecule has 1 aliphatic heterocycles. The number of nitrogens with one attached hydrogen (secondary N) is 1. The zero-order valence-corrected chi connectivity index (χ0v) is 8.58. The maximum absolute atomic E-state index is 5.36. The number of guanidine groups is 1. The molecule has 0 unspecified atom stereocenters. The number of rotatable bonds is 1. The van der Waals surface area contributed by atoms with E-state index in [1.165, 1.54) is 19.3 Å². The first-order chi connectivity index (χ1) is 6.31. The van der Waals surface area contributed by atoms with Gasteiger partial charge in [0.25, 0.3) is 0 Å². The minimum Gasteiger partial charge on any atom is -0.342 e. The lowest BCUT2D eigenvalue weighted by Gasteiger charge is -2.33. The Labute approximate surface area is 80.2 Å². The van der Waals surface area contributed by atoms with E-state index in [-0.39, 0.29) is 0 Å². The Morgan fingerprint density at radius 1 is 1.54 bits per heavy atom. The fourth-order valence-electron chi connectivity index (χ4n) is 1.85. The van der Waals surface area contributed by atoms with Crippen molar-refractivity contribution in [1.29, 1.82) is 0 Å². The Kier molecular flexibility index (Phi) is 4.02. The summed E-state index contributed by atoms with van der Waals surface area (Å²) in [6.45, 7) is 4.42. The summed E-state index contributed by atoms with van der Waals surface area (Å²) >= 11 is 0. The van der Waals surface area contributed by atoms with Gasteiger partial charge in [0, 0.05) is 20.1 Å². The Bertz CT molecular complexity index is 170. The summed E-state index contributed by atoms with van der Waals surface area (Å²) in [6, 6.07) is 0. The second-order valence-corrected chi connectivity index (χ2v) is 3.53. The number of hydrogen-bond acceptors (Lipinski definition) is 2. The van der Waals surface area contributed by atoms with Gasteiger partial charge >= 0.3 is 0 Å². The molecule has 1 rings (SSSR count). The Morgan fingerprint density at radius 2 is 2.15 bits per heavy atom. The summed E-state index contributed by atoms with van der Waals surface area (Å²) < 4.78 is 0. The molecule has 13 heavy (non-hydrogen) atoms. The van der Waals surface area contributed by atoms with Gasteiger partial charge in [0.05, 0.1) is 0 Å². The summed E-state index contributed by atoms with van der Waals surface area (Å²) in [5.41, 5.74) is 2.63. The summed E-state index contributed by atoms with van der Waals surface area (Å²) in [6.07, 6.45) is 3.82. The fourth-order valence-corrected chi connectivity index (χ4v) is 1.85. The molecule has 0 radical (unpaired) electrons. The molecule has 0 aromatic rings. The number of nitrogens with zero attached hydrogens (tertiary/aromatic N) is 2. The van der Waals surface area contributed by atoms with Crippen LogP contribution < -0.4 is 11.3 Å². The molecule has 0 saturated carbocycles. The van der Waals surface area contributed by atoms with Crippen molar-refractivity contribution in [3.8, 4) is 0 Å². The SMILES string of the molecule is CCC1CCN(C(=NC)NN)CC1. The van der Waals surface area contributed by atoms with Gasteiger partial charge in [0.2, 0.25) is 5.96 Å². The minimum atomic E-state index is 0.814. The highest BCUT2D eigenvalue weighted by molar-refractivity contribution is 5.79. The van der Waals surface area contributed by atoms with Crippen molar-refractivity contribution >= 4 is 5.96 Å². The number of aliphatic imine (C=N–C) groups is 1. The average molecular weight is 184 g/mol. The summed E-state index contributed by atoms with van der Waals surface area (Å²) in [4.78, 5) is 6.30. The Balaban J connectivity index is 2.40. The zero-order chi connectivity index (χ0) is 9.68. The summed E-state index contributed by atoms with van der Waals surface area (Å²) in [5.74, 6) is 7.07. The van der Waals surface area contributed by atoms with E-state index in [4.69, 9.17) is 5.84 Å². The quantitative estimate of drug-likeness (QED) is 0.271. The van der Waals surface area contributed by atoms with Gasteiger partial charge in [-0.25, -0.2) is 5.84 Å². The number of likely N-dealkylation sites (tertiary alicyclic amines) is 1. The van der Waals surface area contributed by atoms with E-state index >= 15 is 0 Å². The lowest BCUT2D eigenvalue weighted by atomic mass is 9.95. The molecule has 4 nitrogen and oxygen atoms in total. The predicted molar refractivity (Wildman–Crippen MR) is 55.3 cm³/mol. The van der Waals surface area contributed by atoms with Gasteiger partial charge in [-0.2, -0.15) is 0 Å². The monoisotopic (exact) mass is 184 g/mol. The van der Waals surface area contributed by atoms with Crippen LogP contribution in [-0.2, 0) is 0 Å². The first-order valence-corrected chi connectivity index (χ1v) is 5.00. The maximum Gasteiger partial charge on any atom is 0.208 e. The van der Waals surface area contributed by atoms with Gasteiger partial charge in [-0.05, 0) is 18.8 Å². The number of hydrogen-bond donors (Lipinski definition) is 2. The molecule has 0 aromatic carbocycles. The van der Waals surface area contributed by atoms with Gasteiger partial charge < -0.3 is 4.90 Å². The molecule has 1 saturated heterocycles. The molecule has 76 valence electrons. The number of piperidine rings is 1. The smallest absolute Gasteiger partial charge is 0.208 e. The van der Waals surface area contributed by atoms with E-state index in [1.54, 1.807) is 7.05 Å². The zero-order valence-electron chi connectivity index (χ0n) is 8.58. The van der Waals surface area contributed by atoms with Crippen LogP contribution in [0.2, 0.25) is 0 Å². The van der Waals surface area contributed by atoms with Gasteiger partial charge in [0.15, 0.2) is 0 Å². The van der Waals surface area contributed by atoms with Crippen molar-refractivity contribution in [2.45, 2.75) is 26.2 Å². The Hall–Kier alpha value is -0.770. The molecule has 1 heterocycles. The van der Waals surface area contributed by atoms with Crippen LogP contribution >= 0.6 is 0 Å². The van der Waals surface area contributed by atoms with E-state index in [0.717, 1.165) is 25.0 Å². The molecule has 0 atom stereocenters. The first-order valence-electron chi connectivity index (χ1n) is 5.00. The largest absolute Gasteiger partial charge is 0.342 e. The molecule has 1 fully saturated rings. The fraction of sp³-hybridized carbons (Fsp3) is 0.889. The van der Waals surface area contributed by atoms with Crippen LogP contribution in [0.25, 0.3) is 0 Å². The summed E-state index contributed by atoms with van der Waals surface area (Å²) in [5, 5.41) is 0. The predicted octanol–water partition coefficient (Wildman–Crippen LogP) is 0.558.